The highest BCUT2D eigenvalue weighted by Crippen LogP contribution is 2.33. The van der Waals surface area contributed by atoms with Gasteiger partial charge >= 0.3 is 0 Å². The van der Waals surface area contributed by atoms with Crippen molar-refractivity contribution >= 4 is 46.5 Å². The average molecular weight is 521 g/mol. The fourth-order valence-electron chi connectivity index (χ4n) is 4.41. The van der Waals surface area contributed by atoms with E-state index in [0.717, 1.165) is 10.5 Å². The lowest BCUT2D eigenvalue weighted by Crippen LogP contribution is -2.27. The number of aryl methyl sites for hydroxylation is 1. The van der Waals surface area contributed by atoms with Crippen molar-refractivity contribution in [2.45, 2.75) is 24.0 Å². The summed E-state index contributed by atoms with van der Waals surface area (Å²) in [5, 5.41) is 5.24. The molecular formula is C31H24N2O4S. The number of ketones is 2. The Hall–Kier alpha value is -4.49. The Balaban J connectivity index is 1.30. The summed E-state index contributed by atoms with van der Waals surface area (Å²) in [7, 11) is 0. The van der Waals surface area contributed by atoms with Gasteiger partial charge in [0.05, 0.1) is 16.5 Å². The molecule has 0 bridgehead atoms. The van der Waals surface area contributed by atoms with E-state index in [2.05, 4.69) is 10.6 Å². The SMILES string of the molecule is Cc1ccccc1C(=O)Nc1cccc(SC(C)C(=O)Nc2cccc3c2C(=O)c2ccccc2C3=O)c1. The number of hydrogen-bond acceptors (Lipinski definition) is 5. The van der Waals surface area contributed by atoms with Crippen molar-refractivity contribution in [3.05, 3.63) is 124 Å². The average Bonchev–Trinajstić information content (AvgIpc) is 2.92. The van der Waals surface area contributed by atoms with Gasteiger partial charge in [-0.15, -0.1) is 11.8 Å². The van der Waals surface area contributed by atoms with Gasteiger partial charge in [-0.2, -0.15) is 0 Å². The van der Waals surface area contributed by atoms with Crippen LogP contribution < -0.4 is 10.6 Å². The first-order chi connectivity index (χ1) is 18.3. The number of carbonyl (C=O) groups excluding carboxylic acids is 4. The van der Waals surface area contributed by atoms with E-state index in [0.29, 0.717) is 28.1 Å². The molecule has 1 unspecified atom stereocenters. The number of amides is 2. The normalized spacial score (nSPS) is 12.8. The monoisotopic (exact) mass is 520 g/mol. The van der Waals surface area contributed by atoms with Crippen LogP contribution in [0.15, 0.2) is 95.9 Å². The Bertz CT molecular complexity index is 1610. The highest BCUT2D eigenvalue weighted by Gasteiger charge is 2.32. The highest BCUT2D eigenvalue weighted by atomic mass is 32.2. The van der Waals surface area contributed by atoms with Crippen molar-refractivity contribution in [3.8, 4) is 0 Å². The Morgan fingerprint density at radius 3 is 2.16 bits per heavy atom. The Kier molecular flexibility index (Phi) is 6.94. The van der Waals surface area contributed by atoms with E-state index in [1.165, 1.54) is 11.8 Å². The van der Waals surface area contributed by atoms with E-state index < -0.39 is 5.25 Å². The third-order valence-corrected chi connectivity index (χ3v) is 7.47. The summed E-state index contributed by atoms with van der Waals surface area (Å²) in [6.45, 7) is 3.64. The third-order valence-electron chi connectivity index (χ3n) is 6.37. The number of nitrogens with one attached hydrogen (secondary N) is 2. The van der Waals surface area contributed by atoms with Crippen LogP contribution in [0.1, 0.15) is 54.7 Å². The largest absolute Gasteiger partial charge is 0.324 e. The first-order valence-electron chi connectivity index (χ1n) is 12.1. The summed E-state index contributed by atoms with van der Waals surface area (Å²) in [6, 6.07) is 26.2. The predicted octanol–water partition coefficient (Wildman–Crippen LogP) is 6.14. The van der Waals surface area contributed by atoms with E-state index in [1.807, 2.05) is 43.3 Å². The maximum Gasteiger partial charge on any atom is 0.255 e. The van der Waals surface area contributed by atoms with E-state index in [9.17, 15) is 19.2 Å². The molecule has 188 valence electrons. The lowest BCUT2D eigenvalue weighted by molar-refractivity contribution is -0.115. The molecular weight excluding hydrogens is 496 g/mol. The van der Waals surface area contributed by atoms with Crippen molar-refractivity contribution in [1.29, 1.82) is 0 Å². The number of carbonyl (C=O) groups is 4. The molecule has 5 rings (SSSR count). The summed E-state index contributed by atoms with van der Waals surface area (Å²) in [4.78, 5) is 52.8. The zero-order chi connectivity index (χ0) is 26.8. The highest BCUT2D eigenvalue weighted by molar-refractivity contribution is 8.00. The molecule has 7 heteroatoms. The third kappa shape index (κ3) is 4.88. The molecule has 2 N–H and O–H groups in total. The Morgan fingerprint density at radius 2 is 1.39 bits per heavy atom. The predicted molar refractivity (Wildman–Crippen MR) is 149 cm³/mol. The van der Waals surface area contributed by atoms with Gasteiger partial charge in [0.25, 0.3) is 5.91 Å². The number of thioether (sulfide) groups is 1. The van der Waals surface area contributed by atoms with Gasteiger partial charge in [0, 0.05) is 32.8 Å². The summed E-state index contributed by atoms with van der Waals surface area (Å²) < 4.78 is 0. The second kappa shape index (κ2) is 10.5. The smallest absolute Gasteiger partial charge is 0.255 e. The second-order valence-corrected chi connectivity index (χ2v) is 10.4. The minimum absolute atomic E-state index is 0.203. The first kappa shape index (κ1) is 25.2. The Labute approximate surface area is 224 Å². The molecule has 1 atom stereocenters. The minimum Gasteiger partial charge on any atom is -0.324 e. The molecule has 0 fully saturated rings. The van der Waals surface area contributed by atoms with Crippen LogP contribution in [0.5, 0.6) is 0 Å². The van der Waals surface area contributed by atoms with Crippen molar-refractivity contribution < 1.29 is 19.2 Å². The van der Waals surface area contributed by atoms with Crippen LogP contribution in [-0.2, 0) is 4.79 Å². The van der Waals surface area contributed by atoms with Gasteiger partial charge < -0.3 is 10.6 Å². The van der Waals surface area contributed by atoms with Crippen LogP contribution >= 0.6 is 11.8 Å². The van der Waals surface area contributed by atoms with Crippen molar-refractivity contribution in [3.63, 3.8) is 0 Å². The van der Waals surface area contributed by atoms with Gasteiger partial charge in [-0.05, 0) is 49.7 Å². The molecule has 1 aliphatic carbocycles. The number of benzene rings is 4. The lowest BCUT2D eigenvalue weighted by Gasteiger charge is -2.21. The van der Waals surface area contributed by atoms with Gasteiger partial charge in [0.1, 0.15) is 0 Å². The summed E-state index contributed by atoms with van der Waals surface area (Å²) in [6.07, 6.45) is 0. The molecule has 4 aromatic carbocycles. The van der Waals surface area contributed by atoms with Crippen LogP contribution in [0, 0.1) is 6.92 Å². The second-order valence-electron chi connectivity index (χ2n) is 8.98. The summed E-state index contributed by atoms with van der Waals surface area (Å²) in [5.74, 6) is -1.04. The molecule has 38 heavy (non-hydrogen) atoms. The molecule has 0 radical (unpaired) electrons. The Morgan fingerprint density at radius 1 is 0.737 bits per heavy atom. The van der Waals surface area contributed by atoms with E-state index >= 15 is 0 Å². The molecule has 0 saturated carbocycles. The fourth-order valence-corrected chi connectivity index (χ4v) is 5.34. The maximum atomic E-state index is 13.2. The zero-order valence-corrected chi connectivity index (χ0v) is 21.6. The fraction of sp³-hybridized carbons (Fsp3) is 0.0968. The van der Waals surface area contributed by atoms with Gasteiger partial charge in [0.2, 0.25) is 5.91 Å². The molecule has 0 aromatic heterocycles. The zero-order valence-electron chi connectivity index (χ0n) is 20.8. The van der Waals surface area contributed by atoms with Crippen molar-refractivity contribution in [2.75, 3.05) is 10.6 Å². The molecule has 4 aromatic rings. The van der Waals surface area contributed by atoms with E-state index in [4.69, 9.17) is 0 Å². The van der Waals surface area contributed by atoms with E-state index in [1.54, 1.807) is 61.5 Å². The molecule has 0 saturated heterocycles. The van der Waals surface area contributed by atoms with Gasteiger partial charge in [-0.3, -0.25) is 19.2 Å². The van der Waals surface area contributed by atoms with Crippen LogP contribution in [0.4, 0.5) is 11.4 Å². The first-order valence-corrected chi connectivity index (χ1v) is 13.0. The topological polar surface area (TPSA) is 92.3 Å². The number of hydrogen-bond donors (Lipinski definition) is 2. The van der Waals surface area contributed by atoms with Gasteiger partial charge in [-0.1, -0.05) is 60.7 Å². The maximum absolute atomic E-state index is 13.2. The minimum atomic E-state index is -0.519. The van der Waals surface area contributed by atoms with Crippen molar-refractivity contribution in [1.82, 2.24) is 0 Å². The summed E-state index contributed by atoms with van der Waals surface area (Å²) >= 11 is 1.32. The van der Waals surface area contributed by atoms with Crippen LogP contribution in [-0.4, -0.2) is 28.6 Å². The number of rotatable bonds is 6. The van der Waals surface area contributed by atoms with Crippen LogP contribution in [0.25, 0.3) is 0 Å². The molecule has 0 heterocycles. The quantitative estimate of drug-likeness (QED) is 0.262. The number of fused-ring (bicyclic) bond motifs is 2. The standard InChI is InChI=1S/C31H24N2O4S/c1-18-9-3-4-12-22(18)31(37)32-20-10-7-11-21(17-20)38-19(2)30(36)33-26-16-8-15-25-27(26)29(35)24-14-6-5-13-23(24)28(25)34/h3-17,19H,1-2H3,(H,32,37)(H,33,36). The molecule has 0 spiro atoms. The molecule has 6 nitrogen and oxygen atoms in total. The summed E-state index contributed by atoms with van der Waals surface area (Å²) in [5.41, 5.74) is 3.60. The van der Waals surface area contributed by atoms with E-state index in [-0.39, 0.29) is 34.5 Å². The van der Waals surface area contributed by atoms with Crippen LogP contribution in [0.3, 0.4) is 0 Å². The van der Waals surface area contributed by atoms with Gasteiger partial charge in [0.15, 0.2) is 11.6 Å². The molecule has 0 aliphatic heterocycles. The molecule has 1 aliphatic rings. The molecule has 2 amide bonds. The van der Waals surface area contributed by atoms with Crippen LogP contribution in [0.2, 0.25) is 0 Å². The number of anilines is 2. The van der Waals surface area contributed by atoms with Gasteiger partial charge in [-0.25, -0.2) is 0 Å². The lowest BCUT2D eigenvalue weighted by atomic mass is 9.83. The van der Waals surface area contributed by atoms with Crippen molar-refractivity contribution in [2.24, 2.45) is 0 Å².